The summed E-state index contributed by atoms with van der Waals surface area (Å²) >= 11 is 9.28. The number of aromatic hydroxyl groups is 1. The highest BCUT2D eigenvalue weighted by molar-refractivity contribution is 9.11. The minimum atomic E-state index is -3.29. The van der Waals surface area contributed by atoms with Crippen LogP contribution >= 0.6 is 60.2 Å². The van der Waals surface area contributed by atoms with Gasteiger partial charge >= 0.3 is 12.0 Å². The molecule has 1 aromatic carbocycles. The predicted molar refractivity (Wildman–Crippen MR) is 80.6 cm³/mol. The molecule has 0 bridgehead atoms. The van der Waals surface area contributed by atoms with Crippen molar-refractivity contribution in [1.29, 1.82) is 0 Å². The molecule has 1 heterocycles. The Hall–Kier alpha value is -0.120. The van der Waals surface area contributed by atoms with E-state index in [2.05, 4.69) is 57.8 Å². The van der Waals surface area contributed by atoms with Crippen molar-refractivity contribution in [3.05, 3.63) is 25.0 Å². The van der Waals surface area contributed by atoms with E-state index in [1.54, 1.807) is 0 Å². The van der Waals surface area contributed by atoms with E-state index in [0.717, 1.165) is 0 Å². The van der Waals surface area contributed by atoms with Crippen LogP contribution in [0.1, 0.15) is 11.6 Å². The third-order valence-electron chi connectivity index (χ3n) is 2.55. The topological polar surface area (TPSA) is 58.6 Å². The third kappa shape index (κ3) is 3.20. The summed E-state index contributed by atoms with van der Waals surface area (Å²) in [6.07, 6.45) is -0.933. The number of alkyl carbamates (subject to hydrolysis) is 1. The van der Waals surface area contributed by atoms with Crippen molar-refractivity contribution in [2.75, 3.05) is 6.61 Å². The zero-order valence-corrected chi connectivity index (χ0v) is 15.0. The summed E-state index contributed by atoms with van der Waals surface area (Å²) in [6, 6.07) is -0.177. The molecule has 0 aliphatic carbocycles. The van der Waals surface area contributed by atoms with Crippen LogP contribution in [0.15, 0.2) is 19.5 Å². The van der Waals surface area contributed by atoms with Gasteiger partial charge in [0.25, 0.3) is 0 Å². The van der Waals surface area contributed by atoms with Crippen LogP contribution in [-0.4, -0.2) is 23.7 Å². The summed E-state index contributed by atoms with van der Waals surface area (Å²) in [6.45, 7) is -1.01. The number of hydrogen-bond acceptors (Lipinski definition) is 3. The summed E-state index contributed by atoms with van der Waals surface area (Å²) in [5, 5.41) is 11.8. The lowest BCUT2D eigenvalue weighted by Crippen LogP contribution is -2.49. The van der Waals surface area contributed by atoms with Crippen LogP contribution in [0.4, 0.5) is 13.6 Å². The molecule has 1 saturated heterocycles. The van der Waals surface area contributed by atoms with Crippen LogP contribution < -0.4 is 5.32 Å². The molecule has 1 aliphatic heterocycles. The number of halogens is 6. The van der Waals surface area contributed by atoms with Crippen molar-refractivity contribution in [2.24, 2.45) is 0 Å². The number of benzene rings is 1. The van der Waals surface area contributed by atoms with Crippen LogP contribution in [0.5, 0.6) is 5.75 Å². The van der Waals surface area contributed by atoms with Gasteiger partial charge in [-0.05, 0) is 37.9 Å². The number of alkyl halides is 2. The number of carbonyl (C=O) groups excluding carboxylic acids is 1. The maximum absolute atomic E-state index is 13.8. The van der Waals surface area contributed by atoms with Gasteiger partial charge in [-0.3, -0.25) is 0 Å². The molecule has 4 nitrogen and oxygen atoms in total. The SMILES string of the molecule is Cl.O=C1N[C@@H](c2c(Br)cc(Br)c(O)c2Br)C(F)(F)CO1. The van der Waals surface area contributed by atoms with Gasteiger partial charge in [-0.15, -0.1) is 12.4 Å². The fraction of sp³-hybridized carbons (Fsp3) is 0.300. The highest BCUT2D eigenvalue weighted by atomic mass is 79.9. The minimum Gasteiger partial charge on any atom is -0.506 e. The number of cyclic esters (lactones) is 1. The highest BCUT2D eigenvalue weighted by Gasteiger charge is 2.48. The summed E-state index contributed by atoms with van der Waals surface area (Å²) in [4.78, 5) is 11.1. The molecule has 1 aliphatic rings. The molecule has 20 heavy (non-hydrogen) atoms. The molecule has 10 heteroatoms. The van der Waals surface area contributed by atoms with Crippen molar-refractivity contribution in [3.8, 4) is 5.75 Å². The predicted octanol–water partition coefficient (Wildman–Crippen LogP) is 4.52. The Bertz CT molecular complexity index is 559. The summed E-state index contributed by atoms with van der Waals surface area (Å²) < 4.78 is 32.7. The number of phenols is 1. The van der Waals surface area contributed by atoms with E-state index in [0.29, 0.717) is 8.95 Å². The molecule has 0 radical (unpaired) electrons. The average molecular weight is 502 g/mol. The summed E-state index contributed by atoms with van der Waals surface area (Å²) in [5.41, 5.74) is 0.0438. The standard InChI is InChI=1S/C10H6Br3F2NO3.ClH/c11-3-1-4(12)7(17)6(13)5(3)8-10(14,15)2-19-9(18)16-8;/h1,8,17H,2H2,(H,16,18);1H/t8-;/m0./s1. The van der Waals surface area contributed by atoms with Crippen molar-refractivity contribution >= 4 is 66.3 Å². The minimum absolute atomic E-state index is 0. The van der Waals surface area contributed by atoms with Crippen LogP contribution in [0, 0.1) is 0 Å². The smallest absolute Gasteiger partial charge is 0.408 e. The molecule has 2 rings (SSSR count). The van der Waals surface area contributed by atoms with Crippen molar-refractivity contribution < 1.29 is 23.4 Å². The van der Waals surface area contributed by atoms with Gasteiger partial charge in [-0.25, -0.2) is 13.6 Å². The van der Waals surface area contributed by atoms with Gasteiger partial charge in [-0.2, -0.15) is 0 Å². The van der Waals surface area contributed by atoms with Gasteiger partial charge in [0.15, 0.2) is 6.61 Å². The van der Waals surface area contributed by atoms with Crippen molar-refractivity contribution in [2.45, 2.75) is 12.0 Å². The zero-order chi connectivity index (χ0) is 14.4. The normalized spacial score (nSPS) is 20.6. The summed E-state index contributed by atoms with van der Waals surface area (Å²) in [5.74, 6) is -3.52. The van der Waals surface area contributed by atoms with Gasteiger partial charge in [0.05, 0.1) is 8.95 Å². The Kier molecular flexibility index (Phi) is 5.67. The number of nitrogens with one attached hydrogen (secondary N) is 1. The van der Waals surface area contributed by atoms with Gasteiger partial charge in [0, 0.05) is 10.0 Å². The molecule has 0 aromatic heterocycles. The molecule has 1 atom stereocenters. The molecule has 2 N–H and O–H groups in total. The molecule has 0 unspecified atom stereocenters. The second-order valence-corrected chi connectivity index (χ2v) is 6.33. The highest BCUT2D eigenvalue weighted by Crippen LogP contribution is 2.46. The van der Waals surface area contributed by atoms with Gasteiger partial charge in [0.2, 0.25) is 0 Å². The molecular formula is C10H7Br3ClF2NO3. The van der Waals surface area contributed by atoms with E-state index < -0.39 is 24.7 Å². The van der Waals surface area contributed by atoms with Gasteiger partial charge in [-0.1, -0.05) is 15.9 Å². The largest absolute Gasteiger partial charge is 0.506 e. The van der Waals surface area contributed by atoms with Crippen LogP contribution in [-0.2, 0) is 4.74 Å². The Morgan fingerprint density at radius 3 is 2.55 bits per heavy atom. The van der Waals surface area contributed by atoms with Crippen molar-refractivity contribution in [1.82, 2.24) is 5.32 Å². The lowest BCUT2D eigenvalue weighted by Gasteiger charge is -2.33. The van der Waals surface area contributed by atoms with Crippen LogP contribution in [0.25, 0.3) is 0 Å². The van der Waals surface area contributed by atoms with Gasteiger partial charge < -0.3 is 15.2 Å². The fourth-order valence-corrected chi connectivity index (χ4v) is 4.23. The van der Waals surface area contributed by atoms with Crippen LogP contribution in [0.3, 0.4) is 0 Å². The number of hydrogen-bond donors (Lipinski definition) is 2. The van der Waals surface area contributed by atoms with Crippen LogP contribution in [0.2, 0.25) is 0 Å². The number of phenolic OH excluding ortho intramolecular Hbond substituents is 1. The fourth-order valence-electron chi connectivity index (χ4n) is 1.65. The monoisotopic (exact) mass is 499 g/mol. The lowest BCUT2D eigenvalue weighted by atomic mass is 10.00. The number of ether oxygens (including phenoxy) is 1. The number of carbonyl (C=O) groups is 1. The molecule has 112 valence electrons. The second kappa shape index (κ2) is 6.33. The number of rotatable bonds is 1. The first-order chi connectivity index (χ1) is 8.74. The van der Waals surface area contributed by atoms with E-state index >= 15 is 0 Å². The van der Waals surface area contributed by atoms with Crippen molar-refractivity contribution in [3.63, 3.8) is 0 Å². The molecular weight excluding hydrogens is 495 g/mol. The van der Waals surface area contributed by atoms with E-state index in [4.69, 9.17) is 0 Å². The Morgan fingerprint density at radius 2 is 1.95 bits per heavy atom. The molecule has 1 aromatic rings. The Balaban J connectivity index is 0.00000200. The quantitative estimate of drug-likeness (QED) is 0.594. The zero-order valence-electron chi connectivity index (χ0n) is 9.42. The first-order valence-corrected chi connectivity index (χ1v) is 7.29. The first-order valence-electron chi connectivity index (χ1n) is 4.91. The molecule has 1 amide bonds. The molecule has 0 saturated carbocycles. The first kappa shape index (κ1) is 17.9. The maximum Gasteiger partial charge on any atom is 0.408 e. The second-order valence-electron chi connectivity index (χ2n) is 3.83. The Labute approximate surface area is 144 Å². The van der Waals surface area contributed by atoms with E-state index in [1.807, 2.05) is 0 Å². The summed E-state index contributed by atoms with van der Waals surface area (Å²) in [7, 11) is 0. The average Bonchev–Trinajstić information content (AvgIpc) is 2.31. The Morgan fingerprint density at radius 1 is 1.35 bits per heavy atom. The molecule has 1 fully saturated rings. The third-order valence-corrected chi connectivity index (χ3v) is 4.61. The van der Waals surface area contributed by atoms with E-state index in [-0.39, 0.29) is 28.2 Å². The molecule has 0 spiro atoms. The van der Waals surface area contributed by atoms with E-state index in [1.165, 1.54) is 6.07 Å². The number of amides is 1. The van der Waals surface area contributed by atoms with E-state index in [9.17, 15) is 18.7 Å². The maximum atomic E-state index is 13.8. The lowest BCUT2D eigenvalue weighted by molar-refractivity contribution is -0.104. The van der Waals surface area contributed by atoms with Gasteiger partial charge in [0.1, 0.15) is 11.8 Å².